The number of benzene rings is 1. The van der Waals surface area contributed by atoms with Crippen LogP contribution >= 0.6 is 0 Å². The smallest absolute Gasteiger partial charge is 0.472 e. The second kappa shape index (κ2) is 4.77. The van der Waals surface area contributed by atoms with E-state index in [9.17, 15) is 18.0 Å². The van der Waals surface area contributed by atoms with Gasteiger partial charge in [0.05, 0.1) is 11.6 Å². The Hall–Kier alpha value is -2.69. The van der Waals surface area contributed by atoms with Crippen molar-refractivity contribution in [1.82, 2.24) is 0 Å². The highest BCUT2D eigenvalue weighted by Crippen LogP contribution is 2.37. The summed E-state index contributed by atoms with van der Waals surface area (Å²) in [6, 6.07) is 5.58. The highest BCUT2D eigenvalue weighted by Gasteiger charge is 2.48. The number of fused-ring (bicyclic) bond motifs is 1. The van der Waals surface area contributed by atoms with Crippen LogP contribution in [0, 0.1) is 11.3 Å². The molecule has 0 saturated heterocycles. The summed E-state index contributed by atoms with van der Waals surface area (Å²) >= 11 is 0. The lowest BCUT2D eigenvalue weighted by Crippen LogP contribution is -2.39. The monoisotopic (exact) mass is 285 g/mol. The Labute approximate surface area is 110 Å². The number of alkyl halides is 3. The van der Waals surface area contributed by atoms with E-state index in [1.807, 2.05) is 6.07 Å². The van der Waals surface area contributed by atoms with Gasteiger partial charge in [-0.25, -0.2) is 4.79 Å². The largest absolute Gasteiger partial charge is 0.511 e. The molecule has 0 amide bonds. The van der Waals surface area contributed by atoms with Crippen LogP contribution in [0.4, 0.5) is 18.0 Å². The number of hydrogen-bond donors (Lipinski definition) is 1. The molecule has 1 unspecified atom stereocenters. The van der Waals surface area contributed by atoms with Gasteiger partial charge in [-0.05, 0) is 24.3 Å². The molecule has 0 bridgehead atoms. The van der Waals surface area contributed by atoms with E-state index in [-0.39, 0.29) is 16.9 Å². The van der Waals surface area contributed by atoms with Crippen molar-refractivity contribution in [2.45, 2.75) is 12.3 Å². The molecule has 1 aliphatic heterocycles. The van der Waals surface area contributed by atoms with Crippen molar-refractivity contribution >= 4 is 12.2 Å². The zero-order valence-corrected chi connectivity index (χ0v) is 9.64. The zero-order chi connectivity index (χ0) is 14.9. The van der Waals surface area contributed by atoms with Crippen LogP contribution in [0.2, 0.25) is 0 Å². The van der Waals surface area contributed by atoms with Crippen LogP contribution in [-0.2, 0) is 4.74 Å². The molecule has 1 aromatic carbocycles. The van der Waals surface area contributed by atoms with Crippen molar-refractivity contribution in [2.24, 2.45) is 0 Å². The van der Waals surface area contributed by atoms with Gasteiger partial charge < -0.3 is 14.6 Å². The molecule has 0 saturated carbocycles. The first-order valence-corrected chi connectivity index (χ1v) is 5.21. The Morgan fingerprint density at radius 1 is 1.45 bits per heavy atom. The number of carboxylic acid groups (broad SMARTS) is 1. The number of ether oxygens (including phenoxy) is 2. The van der Waals surface area contributed by atoms with Gasteiger partial charge in [0.15, 0.2) is 5.76 Å². The van der Waals surface area contributed by atoms with E-state index in [1.54, 1.807) is 0 Å². The van der Waals surface area contributed by atoms with Crippen LogP contribution in [0.5, 0.6) is 5.75 Å². The number of carbonyl (C=O) groups is 1. The van der Waals surface area contributed by atoms with Gasteiger partial charge in [0.1, 0.15) is 5.75 Å². The maximum absolute atomic E-state index is 12.8. The SMILES string of the molecule is N#Cc1ccc2c(c1)C=C(OC(=O)O)C(C(F)(F)F)O2. The lowest BCUT2D eigenvalue weighted by Gasteiger charge is -2.27. The normalized spacial score (nSPS) is 17.3. The third-order valence-corrected chi connectivity index (χ3v) is 2.44. The molecular formula is C12H6F3NO4. The molecule has 5 nitrogen and oxygen atoms in total. The molecule has 20 heavy (non-hydrogen) atoms. The molecule has 1 N–H and O–H groups in total. The average Bonchev–Trinajstić information content (AvgIpc) is 2.35. The molecule has 1 atom stereocenters. The molecule has 8 heteroatoms. The first kappa shape index (κ1) is 13.7. The Morgan fingerprint density at radius 2 is 2.15 bits per heavy atom. The molecule has 0 spiro atoms. The van der Waals surface area contributed by atoms with Crippen LogP contribution in [0.3, 0.4) is 0 Å². The van der Waals surface area contributed by atoms with Gasteiger partial charge in [-0.3, -0.25) is 0 Å². The Bertz CT molecular complexity index is 631. The first-order valence-electron chi connectivity index (χ1n) is 5.21. The van der Waals surface area contributed by atoms with Gasteiger partial charge in [-0.15, -0.1) is 0 Å². The van der Waals surface area contributed by atoms with Crippen molar-refractivity contribution in [3.63, 3.8) is 0 Å². The minimum absolute atomic E-state index is 0.107. The summed E-state index contributed by atoms with van der Waals surface area (Å²) in [6.45, 7) is 0. The fraction of sp³-hybridized carbons (Fsp3) is 0.167. The van der Waals surface area contributed by atoms with Crippen molar-refractivity contribution < 1.29 is 32.5 Å². The van der Waals surface area contributed by atoms with E-state index in [0.29, 0.717) is 0 Å². The highest BCUT2D eigenvalue weighted by molar-refractivity contribution is 5.67. The molecule has 1 heterocycles. The lowest BCUT2D eigenvalue weighted by atomic mass is 10.1. The van der Waals surface area contributed by atoms with Crippen molar-refractivity contribution in [1.29, 1.82) is 5.26 Å². The quantitative estimate of drug-likeness (QED) is 0.802. The van der Waals surface area contributed by atoms with Crippen LogP contribution in [0.15, 0.2) is 24.0 Å². The summed E-state index contributed by atoms with van der Waals surface area (Å²) in [6.07, 6.45) is -8.31. The number of rotatable bonds is 1. The highest BCUT2D eigenvalue weighted by atomic mass is 19.4. The van der Waals surface area contributed by atoms with Crippen LogP contribution in [-0.4, -0.2) is 23.5 Å². The van der Waals surface area contributed by atoms with Crippen LogP contribution in [0.25, 0.3) is 6.08 Å². The van der Waals surface area contributed by atoms with Gasteiger partial charge in [0.2, 0.25) is 0 Å². The summed E-state index contributed by atoms with van der Waals surface area (Å²) in [5.74, 6) is -1.00. The number of halogens is 3. The summed E-state index contributed by atoms with van der Waals surface area (Å²) < 4.78 is 47.2. The summed E-state index contributed by atoms with van der Waals surface area (Å²) in [7, 11) is 0. The average molecular weight is 285 g/mol. The van der Waals surface area contributed by atoms with Crippen LogP contribution < -0.4 is 4.74 Å². The van der Waals surface area contributed by atoms with E-state index in [0.717, 1.165) is 6.08 Å². The summed E-state index contributed by atoms with van der Waals surface area (Å²) in [4.78, 5) is 10.4. The Morgan fingerprint density at radius 3 is 2.70 bits per heavy atom. The standard InChI is InChI=1S/C12H6F3NO4/c13-12(14,15)10-9(20-11(17)18)4-7-3-6(5-16)1-2-8(7)19-10/h1-4,10H,(H,17,18). The molecule has 1 aromatic rings. The van der Waals surface area contributed by atoms with Crippen molar-refractivity contribution in [3.05, 3.63) is 35.1 Å². The van der Waals surface area contributed by atoms with Crippen molar-refractivity contribution in [3.8, 4) is 11.8 Å². The minimum Gasteiger partial charge on any atom is -0.472 e. The molecule has 0 fully saturated rings. The van der Waals surface area contributed by atoms with Gasteiger partial charge in [-0.1, -0.05) is 0 Å². The predicted octanol–water partition coefficient (Wildman–Crippen LogP) is 2.92. The predicted molar refractivity (Wildman–Crippen MR) is 58.7 cm³/mol. The molecule has 2 rings (SSSR count). The van der Waals surface area contributed by atoms with Gasteiger partial charge >= 0.3 is 12.3 Å². The van der Waals surface area contributed by atoms with Gasteiger partial charge in [-0.2, -0.15) is 18.4 Å². The number of hydrogen-bond acceptors (Lipinski definition) is 4. The second-order valence-corrected chi connectivity index (χ2v) is 3.82. The molecule has 104 valence electrons. The van der Waals surface area contributed by atoms with Crippen LogP contribution in [0.1, 0.15) is 11.1 Å². The van der Waals surface area contributed by atoms with Crippen molar-refractivity contribution in [2.75, 3.05) is 0 Å². The third-order valence-electron chi connectivity index (χ3n) is 2.44. The van der Waals surface area contributed by atoms with E-state index >= 15 is 0 Å². The van der Waals surface area contributed by atoms with E-state index < -0.39 is 24.2 Å². The number of nitriles is 1. The van der Waals surface area contributed by atoms with E-state index in [2.05, 4.69) is 4.74 Å². The van der Waals surface area contributed by atoms with Gasteiger partial charge in [0.25, 0.3) is 6.10 Å². The van der Waals surface area contributed by atoms with E-state index in [1.165, 1.54) is 18.2 Å². The summed E-state index contributed by atoms with van der Waals surface area (Å²) in [5.41, 5.74) is 0.338. The minimum atomic E-state index is -4.83. The maximum Gasteiger partial charge on any atom is 0.511 e. The molecule has 1 aliphatic rings. The maximum atomic E-state index is 12.8. The molecule has 0 aromatic heterocycles. The molecular weight excluding hydrogens is 279 g/mol. The topological polar surface area (TPSA) is 79.5 Å². The first-order chi connectivity index (χ1) is 9.31. The molecule has 0 aliphatic carbocycles. The lowest BCUT2D eigenvalue weighted by molar-refractivity contribution is -0.191. The second-order valence-electron chi connectivity index (χ2n) is 3.82. The summed E-state index contributed by atoms with van der Waals surface area (Å²) in [5, 5.41) is 17.2. The fourth-order valence-electron chi connectivity index (χ4n) is 1.66. The Kier molecular flexibility index (Phi) is 3.28. The third kappa shape index (κ3) is 2.66. The van der Waals surface area contributed by atoms with Gasteiger partial charge in [0, 0.05) is 5.56 Å². The molecule has 0 radical (unpaired) electrons. The van der Waals surface area contributed by atoms with E-state index in [4.69, 9.17) is 15.1 Å². The fourth-order valence-corrected chi connectivity index (χ4v) is 1.66. The zero-order valence-electron chi connectivity index (χ0n) is 9.64. The number of nitrogens with zero attached hydrogens (tertiary/aromatic N) is 1. The Balaban J connectivity index is 2.48.